The van der Waals surface area contributed by atoms with Crippen LogP contribution in [0, 0.1) is 23.2 Å². The Morgan fingerprint density at radius 1 is 1.18 bits per heavy atom. The maximum atomic E-state index is 12.3. The standard InChI is InChI=1S/C18H29N3O/c1-20-2-4-21(5-3-20)12-17(22)19-13-18-9-14-6-15(10-18)8-16(7-14)11-18/h14-15H,2-13H2,1H3/p+1. The van der Waals surface area contributed by atoms with Gasteiger partial charge < -0.3 is 10.2 Å². The van der Waals surface area contributed by atoms with Crippen LogP contribution in [0.4, 0.5) is 0 Å². The largest absolute Gasteiger partial charge is 0.354 e. The molecule has 0 aromatic heterocycles. The fourth-order valence-corrected chi connectivity index (χ4v) is 5.73. The first-order valence-electron chi connectivity index (χ1n) is 9.11. The Kier molecular flexibility index (Phi) is 3.85. The van der Waals surface area contributed by atoms with Gasteiger partial charge in [-0.15, -0.1) is 0 Å². The average molecular weight is 304 g/mol. The van der Waals surface area contributed by atoms with E-state index in [1.807, 2.05) is 5.92 Å². The predicted octanol–water partition coefficient (Wildman–Crippen LogP) is 1.52. The molecule has 0 aromatic carbocycles. The topological polar surface area (TPSA) is 35.6 Å². The molecular formula is C18H30N3O+. The van der Waals surface area contributed by atoms with Crippen molar-refractivity contribution in [2.75, 3.05) is 46.3 Å². The van der Waals surface area contributed by atoms with E-state index in [-0.39, 0.29) is 5.91 Å². The molecule has 4 bridgehead atoms. The molecule has 0 radical (unpaired) electrons. The fourth-order valence-electron chi connectivity index (χ4n) is 5.73. The number of amides is 1. The fraction of sp³-hybridized carbons (Fsp3) is 0.889. The lowest BCUT2D eigenvalue weighted by molar-refractivity contribution is -0.124. The monoisotopic (exact) mass is 304 g/mol. The van der Waals surface area contributed by atoms with Crippen molar-refractivity contribution >= 4 is 5.91 Å². The summed E-state index contributed by atoms with van der Waals surface area (Å²) in [7, 11) is 2.15. The minimum Gasteiger partial charge on any atom is -0.354 e. The van der Waals surface area contributed by atoms with Crippen LogP contribution in [0.5, 0.6) is 0 Å². The van der Waals surface area contributed by atoms with Crippen LogP contribution in [0.3, 0.4) is 0 Å². The summed E-state index contributed by atoms with van der Waals surface area (Å²) in [5.74, 6) is 3.92. The van der Waals surface area contributed by atoms with Gasteiger partial charge in [0.25, 0.3) is 0 Å². The van der Waals surface area contributed by atoms with Crippen LogP contribution in [0.2, 0.25) is 0 Å². The first-order chi connectivity index (χ1) is 10.6. The van der Waals surface area contributed by atoms with Crippen molar-refractivity contribution in [2.45, 2.75) is 38.5 Å². The molecule has 1 N–H and O–H groups in total. The number of hydrogen-bond donors (Lipinski definition) is 1. The molecule has 2 atom stereocenters. The molecule has 5 rings (SSSR count). The number of carbonyl (C=O) groups excluding carboxylic acids is 1. The highest BCUT2D eigenvalue weighted by Crippen LogP contribution is 2.60. The lowest BCUT2D eigenvalue weighted by atomic mass is 9.49. The molecule has 4 aliphatic carbocycles. The quantitative estimate of drug-likeness (QED) is 0.800. The van der Waals surface area contributed by atoms with Gasteiger partial charge in [-0.2, -0.15) is 0 Å². The van der Waals surface area contributed by atoms with Gasteiger partial charge in [-0.25, -0.2) is 0 Å². The van der Waals surface area contributed by atoms with E-state index < -0.39 is 0 Å². The number of rotatable bonds is 4. The molecular weight excluding hydrogens is 274 g/mol. The Labute approximate surface area is 134 Å². The highest BCUT2D eigenvalue weighted by Gasteiger charge is 2.56. The second kappa shape index (κ2) is 5.72. The average Bonchev–Trinajstić information content (AvgIpc) is 2.46. The Balaban J connectivity index is 1.27. The summed E-state index contributed by atoms with van der Waals surface area (Å²) in [6, 6.07) is 0. The van der Waals surface area contributed by atoms with Crippen molar-refractivity contribution in [3.8, 4) is 0 Å². The maximum absolute atomic E-state index is 12.3. The summed E-state index contributed by atoms with van der Waals surface area (Å²) < 4.78 is 0. The van der Waals surface area contributed by atoms with Crippen molar-refractivity contribution in [1.29, 1.82) is 0 Å². The molecule has 22 heavy (non-hydrogen) atoms. The van der Waals surface area contributed by atoms with Crippen molar-refractivity contribution in [3.05, 3.63) is 5.92 Å². The van der Waals surface area contributed by atoms with Crippen LogP contribution in [0.25, 0.3) is 0 Å². The van der Waals surface area contributed by atoms with E-state index in [2.05, 4.69) is 22.2 Å². The highest BCUT2D eigenvalue weighted by atomic mass is 16.2. The Morgan fingerprint density at radius 3 is 2.50 bits per heavy atom. The van der Waals surface area contributed by atoms with E-state index in [0.29, 0.717) is 12.0 Å². The molecule has 0 aromatic rings. The molecule has 2 unspecified atom stereocenters. The van der Waals surface area contributed by atoms with E-state index in [1.165, 1.54) is 38.5 Å². The van der Waals surface area contributed by atoms with Crippen LogP contribution in [-0.2, 0) is 4.79 Å². The lowest BCUT2D eigenvalue weighted by Crippen LogP contribution is -2.52. The van der Waals surface area contributed by atoms with Gasteiger partial charge in [-0.05, 0) is 26.3 Å². The molecule has 1 heterocycles. The zero-order valence-corrected chi connectivity index (χ0v) is 13.9. The summed E-state index contributed by atoms with van der Waals surface area (Å²) in [5, 5.41) is 3.29. The van der Waals surface area contributed by atoms with Crippen LogP contribution < -0.4 is 5.32 Å². The molecule has 5 fully saturated rings. The number of hydrogen-bond acceptors (Lipinski definition) is 3. The van der Waals surface area contributed by atoms with E-state index in [4.69, 9.17) is 0 Å². The Bertz CT molecular complexity index is 393. The number of piperazine rings is 1. The van der Waals surface area contributed by atoms with Gasteiger partial charge in [-0.1, -0.05) is 0 Å². The molecule has 5 aliphatic rings. The normalized spacial score (nSPS) is 38.5. The molecule has 0 spiro atoms. The van der Waals surface area contributed by atoms with Crippen LogP contribution in [0.1, 0.15) is 38.5 Å². The molecule has 4 nitrogen and oxygen atoms in total. The van der Waals surface area contributed by atoms with E-state index in [1.54, 1.807) is 0 Å². The van der Waals surface area contributed by atoms with Gasteiger partial charge in [0, 0.05) is 50.0 Å². The number of carbonyl (C=O) groups is 1. The third-order valence-corrected chi connectivity index (χ3v) is 6.51. The predicted molar refractivity (Wildman–Crippen MR) is 87.3 cm³/mol. The summed E-state index contributed by atoms with van der Waals surface area (Å²) in [5.41, 5.74) is 0.428. The lowest BCUT2D eigenvalue weighted by Gasteiger charge is -2.51. The minimum atomic E-state index is 0.241. The maximum Gasteiger partial charge on any atom is 0.234 e. The van der Waals surface area contributed by atoms with Crippen LogP contribution in [-0.4, -0.2) is 62.0 Å². The van der Waals surface area contributed by atoms with Gasteiger partial charge in [-0.3, -0.25) is 9.69 Å². The summed E-state index contributed by atoms with van der Waals surface area (Å²) >= 11 is 0. The van der Waals surface area contributed by atoms with Gasteiger partial charge in [0.05, 0.1) is 31.7 Å². The second-order valence-electron chi connectivity index (χ2n) is 8.57. The van der Waals surface area contributed by atoms with Crippen molar-refractivity contribution in [1.82, 2.24) is 15.1 Å². The molecule has 4 saturated carbocycles. The number of nitrogens with zero attached hydrogens (tertiary/aromatic N) is 2. The van der Waals surface area contributed by atoms with E-state index in [0.717, 1.165) is 44.6 Å². The second-order valence-corrected chi connectivity index (χ2v) is 8.57. The minimum absolute atomic E-state index is 0.241. The summed E-state index contributed by atoms with van der Waals surface area (Å²) in [6.07, 6.45) is 8.28. The van der Waals surface area contributed by atoms with Gasteiger partial charge >= 0.3 is 0 Å². The zero-order valence-electron chi connectivity index (χ0n) is 13.9. The van der Waals surface area contributed by atoms with Crippen molar-refractivity contribution in [3.63, 3.8) is 0 Å². The van der Waals surface area contributed by atoms with Crippen LogP contribution >= 0.6 is 0 Å². The molecule has 1 aliphatic heterocycles. The van der Waals surface area contributed by atoms with Crippen LogP contribution in [0.15, 0.2) is 0 Å². The van der Waals surface area contributed by atoms with E-state index >= 15 is 0 Å². The van der Waals surface area contributed by atoms with Crippen molar-refractivity contribution < 1.29 is 4.79 Å². The Morgan fingerprint density at radius 2 is 1.86 bits per heavy atom. The molecule has 1 amide bonds. The first kappa shape index (κ1) is 14.8. The van der Waals surface area contributed by atoms with Gasteiger partial charge in [0.1, 0.15) is 0 Å². The van der Waals surface area contributed by atoms with Crippen molar-refractivity contribution in [2.24, 2.45) is 17.3 Å². The Hall–Kier alpha value is -0.740. The SMILES string of the molecule is CN1CCN(CC(=O)NCC23C[C+]4CC(CC(C4)C2)C3)CC1. The number of nitrogens with one attached hydrogen (secondary N) is 1. The molecule has 1 saturated heterocycles. The zero-order chi connectivity index (χ0) is 15.2. The third kappa shape index (κ3) is 3.00. The summed E-state index contributed by atoms with van der Waals surface area (Å²) in [4.78, 5) is 16.9. The number of likely N-dealkylation sites (N-methyl/N-ethyl adjacent to an activating group) is 1. The smallest absolute Gasteiger partial charge is 0.234 e. The molecule has 122 valence electrons. The van der Waals surface area contributed by atoms with Gasteiger partial charge in [0.2, 0.25) is 5.91 Å². The van der Waals surface area contributed by atoms with Gasteiger partial charge in [0.15, 0.2) is 0 Å². The first-order valence-corrected chi connectivity index (χ1v) is 9.11. The third-order valence-electron chi connectivity index (χ3n) is 6.51. The molecule has 4 heteroatoms. The van der Waals surface area contributed by atoms with E-state index in [9.17, 15) is 4.79 Å². The highest BCUT2D eigenvalue weighted by molar-refractivity contribution is 5.78. The summed E-state index contributed by atoms with van der Waals surface area (Å²) in [6.45, 7) is 5.73.